The van der Waals surface area contributed by atoms with E-state index in [1.165, 1.54) is 17.6 Å². The molecule has 0 bridgehead atoms. The number of esters is 4. The number of carbonyl (C=O) groups excluding carboxylic acids is 4. The molecule has 1 heterocycles. The van der Waals surface area contributed by atoms with Crippen LogP contribution in [0, 0.1) is 23.7 Å². The van der Waals surface area contributed by atoms with Crippen molar-refractivity contribution >= 4 is 56.8 Å². The highest BCUT2D eigenvalue weighted by molar-refractivity contribution is 7.22. The van der Waals surface area contributed by atoms with Crippen molar-refractivity contribution in [3.05, 3.63) is 96.6 Å². The number of carbonyl (C=O) groups is 4. The predicted molar refractivity (Wildman–Crippen MR) is 250 cm³/mol. The molecule has 17 nitrogen and oxygen atoms in total. The second-order valence-electron chi connectivity index (χ2n) is 16.1. The second-order valence-corrected chi connectivity index (χ2v) is 17.2. The number of aromatic nitrogens is 1. The fraction of sp³-hybridized carbons (Fsp3) is 0.400. The van der Waals surface area contributed by atoms with Gasteiger partial charge in [-0.2, -0.15) is 5.10 Å². The van der Waals surface area contributed by atoms with E-state index in [1.807, 2.05) is 24.3 Å². The number of nitrogens with zero attached hydrogens (tertiary/aromatic N) is 2. The SMILES string of the molecule is O=C(Oc1ccc(OCCOCCO)cc1)C1CCC(C(=O)Oc2ccc(OC(=O)C3CCC(C(=O)Oc4ccc(OCCOCCO)cc4)CC3)c(/C=N/Nc3nc4ccccc4s3)c2)CC1. The van der Waals surface area contributed by atoms with Gasteiger partial charge in [-0.15, -0.1) is 0 Å². The van der Waals surface area contributed by atoms with Gasteiger partial charge in [0.2, 0.25) is 5.13 Å². The van der Waals surface area contributed by atoms with E-state index in [4.69, 9.17) is 48.1 Å². The van der Waals surface area contributed by atoms with Gasteiger partial charge in [-0.25, -0.2) is 4.98 Å². The van der Waals surface area contributed by atoms with Gasteiger partial charge in [0, 0.05) is 5.56 Å². The fourth-order valence-corrected chi connectivity index (χ4v) is 8.57. The molecule has 0 aliphatic heterocycles. The summed E-state index contributed by atoms with van der Waals surface area (Å²) in [6.45, 7) is 1.69. The molecular formula is C50H55N3O14S. The molecule has 0 saturated heterocycles. The standard InChI is InChI=1S/C50H55N3O14S/c54-23-25-60-27-29-62-38-13-17-40(18-14-38)64-46(56)33-5-7-35(8-6-33)48(58)66-42-21-22-44(37(31-42)32-51-53-50-52-43-3-1-2-4-45(43)68-50)67-49(59)36-11-9-34(10-12-36)47(57)65-41-19-15-39(16-20-41)63-30-28-61-26-24-55/h1-4,13-22,31-36,54-55H,5-12,23-30H2,(H,52,53)/b51-32+. The molecular weight excluding hydrogens is 899 g/mol. The molecule has 7 rings (SSSR count). The van der Waals surface area contributed by atoms with Crippen molar-refractivity contribution in [3.8, 4) is 34.5 Å². The number of benzene rings is 4. The van der Waals surface area contributed by atoms with Crippen LogP contribution in [0.15, 0.2) is 96.1 Å². The number of para-hydroxylation sites is 1. The largest absolute Gasteiger partial charge is 0.491 e. The van der Waals surface area contributed by atoms with Gasteiger partial charge in [0.1, 0.15) is 47.7 Å². The summed E-state index contributed by atoms with van der Waals surface area (Å²) in [5.41, 5.74) is 4.14. The van der Waals surface area contributed by atoms with Gasteiger partial charge in [-0.1, -0.05) is 23.5 Å². The van der Waals surface area contributed by atoms with E-state index >= 15 is 0 Å². The van der Waals surface area contributed by atoms with E-state index in [-0.39, 0.29) is 61.7 Å². The van der Waals surface area contributed by atoms with Gasteiger partial charge in [0.05, 0.1) is 79.7 Å². The van der Waals surface area contributed by atoms with E-state index in [1.54, 1.807) is 66.7 Å². The van der Waals surface area contributed by atoms with Gasteiger partial charge in [-0.05, 0) is 130 Å². The van der Waals surface area contributed by atoms with Gasteiger partial charge in [-0.3, -0.25) is 24.6 Å². The van der Waals surface area contributed by atoms with Crippen LogP contribution in [0.3, 0.4) is 0 Å². The first-order valence-electron chi connectivity index (χ1n) is 22.7. The lowest BCUT2D eigenvalue weighted by molar-refractivity contribution is -0.145. The Balaban J connectivity index is 0.908. The molecule has 0 amide bonds. The summed E-state index contributed by atoms with van der Waals surface area (Å²) in [4.78, 5) is 57.7. The molecule has 0 radical (unpaired) electrons. The molecule has 0 atom stereocenters. The van der Waals surface area contributed by atoms with Crippen LogP contribution in [0.1, 0.15) is 56.9 Å². The van der Waals surface area contributed by atoms with E-state index in [0.29, 0.717) is 111 Å². The first kappa shape index (κ1) is 49.5. The Bertz CT molecular complexity index is 2410. The summed E-state index contributed by atoms with van der Waals surface area (Å²) in [6, 6.07) is 25.8. The van der Waals surface area contributed by atoms with Crippen LogP contribution < -0.4 is 33.8 Å². The Morgan fingerprint density at radius 2 is 1.00 bits per heavy atom. The molecule has 0 spiro atoms. The summed E-state index contributed by atoms with van der Waals surface area (Å²) in [7, 11) is 0. The van der Waals surface area contributed by atoms with Gasteiger partial charge in [0.15, 0.2) is 0 Å². The molecule has 3 N–H and O–H groups in total. The first-order valence-corrected chi connectivity index (χ1v) is 23.5. The number of aliphatic hydroxyl groups excluding tert-OH is 2. The van der Waals surface area contributed by atoms with Crippen molar-refractivity contribution in [2.24, 2.45) is 28.8 Å². The molecule has 4 aromatic carbocycles. The summed E-state index contributed by atoms with van der Waals surface area (Å²) in [5.74, 6) is -0.876. The average molecular weight is 954 g/mol. The molecule has 2 aliphatic carbocycles. The molecule has 5 aromatic rings. The summed E-state index contributed by atoms with van der Waals surface area (Å²) < 4.78 is 45.6. The zero-order chi connectivity index (χ0) is 47.5. The quantitative estimate of drug-likeness (QED) is 0.0195. The molecule has 68 heavy (non-hydrogen) atoms. The highest BCUT2D eigenvalue weighted by Crippen LogP contribution is 2.35. The lowest BCUT2D eigenvalue weighted by atomic mass is 9.82. The number of rotatable bonds is 23. The van der Waals surface area contributed by atoms with Crippen LogP contribution in [0.5, 0.6) is 34.5 Å². The summed E-state index contributed by atoms with van der Waals surface area (Å²) >= 11 is 1.43. The van der Waals surface area contributed by atoms with Crippen LogP contribution >= 0.6 is 11.3 Å². The maximum Gasteiger partial charge on any atom is 0.314 e. The van der Waals surface area contributed by atoms with Crippen molar-refractivity contribution in [3.63, 3.8) is 0 Å². The number of fused-ring (bicyclic) bond motifs is 1. The highest BCUT2D eigenvalue weighted by Gasteiger charge is 2.34. The Morgan fingerprint density at radius 3 is 1.49 bits per heavy atom. The monoisotopic (exact) mass is 953 g/mol. The number of hydrazone groups is 1. The van der Waals surface area contributed by atoms with Crippen LogP contribution in [0.25, 0.3) is 10.2 Å². The minimum atomic E-state index is -0.456. The summed E-state index contributed by atoms with van der Waals surface area (Å²) in [6.07, 6.45) is 4.99. The third kappa shape index (κ3) is 14.8. The minimum absolute atomic E-state index is 0.0533. The highest BCUT2D eigenvalue weighted by atomic mass is 32.1. The van der Waals surface area contributed by atoms with E-state index in [9.17, 15) is 19.2 Å². The molecule has 2 fully saturated rings. The maximum atomic E-state index is 13.6. The molecule has 18 heteroatoms. The number of ether oxygens (including phenoxy) is 8. The van der Waals surface area contributed by atoms with Gasteiger partial charge in [0.25, 0.3) is 0 Å². The van der Waals surface area contributed by atoms with E-state index in [2.05, 4.69) is 15.5 Å². The summed E-state index contributed by atoms with van der Waals surface area (Å²) in [5, 5.41) is 22.5. The number of aliphatic hydroxyl groups is 2. The smallest absolute Gasteiger partial charge is 0.314 e. The third-order valence-corrected chi connectivity index (χ3v) is 12.3. The third-order valence-electron chi connectivity index (χ3n) is 11.4. The van der Waals surface area contributed by atoms with E-state index in [0.717, 1.165) is 10.2 Å². The zero-order valence-corrected chi connectivity index (χ0v) is 38.3. The average Bonchev–Trinajstić information content (AvgIpc) is 3.78. The lowest BCUT2D eigenvalue weighted by Gasteiger charge is -2.26. The molecule has 2 saturated carbocycles. The molecule has 2 aliphatic rings. The van der Waals surface area contributed by atoms with Crippen LogP contribution in [0.4, 0.5) is 5.13 Å². The normalized spacial score (nSPS) is 18.1. The number of hydrogen-bond donors (Lipinski definition) is 3. The Labute approximate surface area is 397 Å². The zero-order valence-electron chi connectivity index (χ0n) is 37.5. The number of nitrogens with one attached hydrogen (secondary N) is 1. The van der Waals surface area contributed by atoms with Crippen molar-refractivity contribution in [2.45, 2.75) is 51.4 Å². The number of anilines is 1. The van der Waals surface area contributed by atoms with Crippen molar-refractivity contribution in [1.82, 2.24) is 4.98 Å². The minimum Gasteiger partial charge on any atom is -0.491 e. The van der Waals surface area contributed by atoms with Gasteiger partial charge < -0.3 is 48.1 Å². The first-order chi connectivity index (χ1) is 33.2. The van der Waals surface area contributed by atoms with Crippen molar-refractivity contribution < 1.29 is 67.3 Å². The lowest BCUT2D eigenvalue weighted by Crippen LogP contribution is -2.30. The second kappa shape index (κ2) is 25.6. The van der Waals surface area contributed by atoms with E-state index < -0.39 is 23.8 Å². The maximum absolute atomic E-state index is 13.6. The molecule has 0 unspecified atom stereocenters. The molecule has 1 aromatic heterocycles. The predicted octanol–water partition coefficient (Wildman–Crippen LogP) is 7.15. The Morgan fingerprint density at radius 1 is 0.559 bits per heavy atom. The molecule has 360 valence electrons. The number of hydrogen-bond acceptors (Lipinski definition) is 18. The van der Waals surface area contributed by atoms with Crippen LogP contribution in [-0.4, -0.2) is 98.1 Å². The Hall–Kier alpha value is -6.44. The van der Waals surface area contributed by atoms with Crippen LogP contribution in [0.2, 0.25) is 0 Å². The van der Waals surface area contributed by atoms with Crippen molar-refractivity contribution in [1.29, 1.82) is 0 Å². The fourth-order valence-electron chi connectivity index (χ4n) is 7.76. The van der Waals surface area contributed by atoms with Gasteiger partial charge >= 0.3 is 23.9 Å². The topological polar surface area (TPSA) is 220 Å². The Kier molecular flexibility index (Phi) is 18.6. The number of thiazole rings is 1. The van der Waals surface area contributed by atoms with Crippen LogP contribution in [-0.2, 0) is 28.7 Å². The van der Waals surface area contributed by atoms with Crippen molar-refractivity contribution in [2.75, 3.05) is 58.3 Å².